The third-order valence-electron chi connectivity index (χ3n) is 4.24. The number of aromatic hydroxyl groups is 1. The van der Waals surface area contributed by atoms with Gasteiger partial charge in [-0.05, 0) is 12.1 Å². The van der Waals surface area contributed by atoms with Gasteiger partial charge in [0.05, 0.1) is 0 Å². The van der Waals surface area contributed by atoms with Crippen LogP contribution >= 0.6 is 23.6 Å². The van der Waals surface area contributed by atoms with Crippen molar-refractivity contribution in [2.45, 2.75) is 13.0 Å². The lowest BCUT2D eigenvalue weighted by Gasteiger charge is -2.08. The van der Waals surface area contributed by atoms with Gasteiger partial charge in [-0.2, -0.15) is 0 Å². The van der Waals surface area contributed by atoms with Crippen LogP contribution < -0.4 is 0 Å². The minimum absolute atomic E-state index is 0.244. The van der Waals surface area contributed by atoms with Crippen molar-refractivity contribution in [3.8, 4) is 16.3 Å². The summed E-state index contributed by atoms with van der Waals surface area (Å²) in [6, 6.07) is 15.6. The van der Waals surface area contributed by atoms with E-state index in [9.17, 15) is 5.11 Å². The monoisotopic (exact) mass is 364 g/mol. The van der Waals surface area contributed by atoms with Gasteiger partial charge in [-0.3, -0.25) is 0 Å². The Kier molecular flexibility index (Phi) is 4.34. The van der Waals surface area contributed by atoms with Crippen LogP contribution in [-0.4, -0.2) is 19.5 Å². The van der Waals surface area contributed by atoms with Crippen LogP contribution in [0.3, 0.4) is 0 Å². The number of hydrogen-bond donors (Lipinski definition) is 1. The molecule has 2 aromatic carbocycles. The van der Waals surface area contributed by atoms with Gasteiger partial charge in [0.1, 0.15) is 10.8 Å². The Balaban J connectivity index is 1.64. The lowest BCUT2D eigenvalue weighted by atomic mass is 10.1. The van der Waals surface area contributed by atoms with E-state index in [0.29, 0.717) is 6.42 Å². The van der Waals surface area contributed by atoms with Crippen molar-refractivity contribution in [3.63, 3.8) is 0 Å². The molecule has 4 aromatic rings. The summed E-state index contributed by atoms with van der Waals surface area (Å²) in [5.74, 6) is 0.244. The Bertz CT molecular complexity index is 1030. The Morgan fingerprint density at radius 2 is 1.92 bits per heavy atom. The fraction of sp³-hybridized carbons (Fsp3) is 0.100. The maximum absolute atomic E-state index is 9.98. The Morgan fingerprint density at radius 3 is 2.72 bits per heavy atom. The average Bonchev–Trinajstić information content (AvgIpc) is 3.28. The minimum Gasteiger partial charge on any atom is -0.507 e. The number of aryl methyl sites for hydroxylation is 1. The van der Waals surface area contributed by atoms with Gasteiger partial charge in [-0.1, -0.05) is 48.6 Å². The molecule has 0 saturated heterocycles. The highest BCUT2D eigenvalue weighted by Crippen LogP contribution is 2.32. The molecule has 4 rings (SSSR count). The first-order valence-electron chi connectivity index (χ1n) is 8.03. The molecule has 0 atom stereocenters. The molecule has 0 amide bonds. The molecule has 0 radical (unpaired) electrons. The number of phenolic OH excluding ortho intramolecular Hbond substituents is 1. The maximum Gasteiger partial charge on any atom is 0.125 e. The largest absolute Gasteiger partial charge is 0.507 e. The van der Waals surface area contributed by atoms with Crippen molar-refractivity contribution in [3.05, 3.63) is 71.9 Å². The number of benzene rings is 2. The van der Waals surface area contributed by atoms with E-state index < -0.39 is 0 Å². The summed E-state index contributed by atoms with van der Waals surface area (Å²) in [7, 11) is 0. The highest BCUT2D eigenvalue weighted by atomic mass is 32.1. The number of hydrogen-bond acceptors (Lipinski definition) is 4. The van der Waals surface area contributed by atoms with Gasteiger partial charge in [-0.25, -0.2) is 4.98 Å². The van der Waals surface area contributed by atoms with Crippen LogP contribution in [0, 0.1) is 0 Å². The number of thiocarbonyl (C=S) groups is 1. The van der Waals surface area contributed by atoms with E-state index in [4.69, 9.17) is 12.2 Å². The summed E-state index contributed by atoms with van der Waals surface area (Å²) in [5, 5.41) is 14.2. The van der Waals surface area contributed by atoms with E-state index in [0.717, 1.165) is 27.5 Å². The Hall–Kier alpha value is -2.50. The fourth-order valence-corrected chi connectivity index (χ4v) is 3.95. The molecule has 2 aromatic heterocycles. The van der Waals surface area contributed by atoms with Crippen LogP contribution in [0.2, 0.25) is 0 Å². The van der Waals surface area contributed by atoms with E-state index in [1.165, 1.54) is 10.9 Å². The molecule has 3 nitrogen and oxygen atoms in total. The van der Waals surface area contributed by atoms with Crippen molar-refractivity contribution < 1.29 is 5.11 Å². The summed E-state index contributed by atoms with van der Waals surface area (Å²) in [5.41, 5.74) is 3.07. The molecule has 1 N–H and O–H groups in total. The van der Waals surface area contributed by atoms with Crippen molar-refractivity contribution in [1.29, 1.82) is 0 Å². The number of nitrogens with zero attached hydrogens (tertiary/aromatic N) is 2. The zero-order valence-corrected chi connectivity index (χ0v) is 15.1. The van der Waals surface area contributed by atoms with Gasteiger partial charge < -0.3 is 9.67 Å². The van der Waals surface area contributed by atoms with Crippen LogP contribution in [0.1, 0.15) is 12.0 Å². The molecule has 0 bridgehead atoms. The van der Waals surface area contributed by atoms with Crippen LogP contribution in [0.4, 0.5) is 0 Å². The zero-order valence-electron chi connectivity index (χ0n) is 13.4. The van der Waals surface area contributed by atoms with Crippen molar-refractivity contribution >= 4 is 39.3 Å². The van der Waals surface area contributed by atoms with E-state index in [1.54, 1.807) is 23.5 Å². The van der Waals surface area contributed by atoms with E-state index >= 15 is 0 Å². The lowest BCUT2D eigenvalue weighted by molar-refractivity contribution is 0.474. The number of fused-ring (bicyclic) bond motifs is 1. The molecule has 5 heteroatoms. The standard InChI is InChI=1S/C20H16N2OS2/c23-18-8-4-2-6-15(18)19(24)9-11-22-13-16(20-21-10-12-25-20)14-5-1-3-7-17(14)22/h1-8,10,12-13,23H,9,11H2. The number of rotatable bonds is 5. The van der Waals surface area contributed by atoms with Gasteiger partial charge in [-0.15, -0.1) is 11.3 Å². The normalized spacial score (nSPS) is 11.0. The second kappa shape index (κ2) is 6.78. The topological polar surface area (TPSA) is 38.0 Å². The summed E-state index contributed by atoms with van der Waals surface area (Å²) >= 11 is 7.18. The van der Waals surface area contributed by atoms with Gasteiger partial charge in [0, 0.05) is 57.6 Å². The Morgan fingerprint density at radius 1 is 1.12 bits per heavy atom. The second-order valence-corrected chi connectivity index (χ2v) is 7.17. The molecule has 0 fully saturated rings. The zero-order chi connectivity index (χ0) is 17.2. The first kappa shape index (κ1) is 16.0. The molecule has 0 aliphatic heterocycles. The predicted molar refractivity (Wildman–Crippen MR) is 107 cm³/mol. The van der Waals surface area contributed by atoms with Crippen LogP contribution in [0.5, 0.6) is 5.75 Å². The molecular formula is C20H16N2OS2. The third kappa shape index (κ3) is 3.08. The number of aromatic nitrogens is 2. The molecular weight excluding hydrogens is 348 g/mol. The van der Waals surface area contributed by atoms with Gasteiger partial charge in [0.2, 0.25) is 0 Å². The van der Waals surface area contributed by atoms with Crippen LogP contribution in [-0.2, 0) is 6.54 Å². The summed E-state index contributed by atoms with van der Waals surface area (Å²) < 4.78 is 2.22. The first-order valence-corrected chi connectivity index (χ1v) is 9.32. The number of phenols is 1. The fourth-order valence-electron chi connectivity index (χ4n) is 3.02. The molecule has 2 heterocycles. The smallest absolute Gasteiger partial charge is 0.125 e. The lowest BCUT2D eigenvalue weighted by Crippen LogP contribution is -2.04. The van der Waals surface area contributed by atoms with Crippen molar-refractivity contribution in [2.24, 2.45) is 0 Å². The molecule has 124 valence electrons. The molecule has 0 aliphatic rings. The first-order chi connectivity index (χ1) is 12.2. The molecule has 0 saturated carbocycles. The predicted octanol–water partition coefficient (Wildman–Crippen LogP) is 5.28. The SMILES string of the molecule is Oc1ccccc1C(=S)CCn1cc(-c2nccs2)c2ccccc21. The van der Waals surface area contributed by atoms with Crippen molar-refractivity contribution in [1.82, 2.24) is 9.55 Å². The number of thiazole rings is 1. The average molecular weight is 364 g/mol. The van der Waals surface area contributed by atoms with E-state index in [1.807, 2.05) is 29.8 Å². The van der Waals surface area contributed by atoms with E-state index in [-0.39, 0.29) is 5.75 Å². The van der Waals surface area contributed by atoms with Gasteiger partial charge in [0.15, 0.2) is 0 Å². The number of para-hydroxylation sites is 2. The third-order valence-corrected chi connectivity index (χ3v) is 5.47. The van der Waals surface area contributed by atoms with Gasteiger partial charge in [0.25, 0.3) is 0 Å². The van der Waals surface area contributed by atoms with Crippen LogP contribution in [0.25, 0.3) is 21.5 Å². The molecule has 25 heavy (non-hydrogen) atoms. The highest BCUT2D eigenvalue weighted by Gasteiger charge is 2.13. The molecule has 0 aliphatic carbocycles. The molecule has 0 spiro atoms. The molecule has 0 unspecified atom stereocenters. The Labute approximate surface area is 155 Å². The minimum atomic E-state index is 0.244. The highest BCUT2D eigenvalue weighted by molar-refractivity contribution is 7.80. The van der Waals surface area contributed by atoms with Crippen molar-refractivity contribution in [2.75, 3.05) is 0 Å². The van der Waals surface area contributed by atoms with E-state index in [2.05, 4.69) is 33.9 Å². The van der Waals surface area contributed by atoms with Gasteiger partial charge >= 0.3 is 0 Å². The summed E-state index contributed by atoms with van der Waals surface area (Å²) in [6.07, 6.45) is 4.68. The van der Waals surface area contributed by atoms with Crippen LogP contribution in [0.15, 0.2) is 66.3 Å². The maximum atomic E-state index is 9.98. The summed E-state index contributed by atoms with van der Waals surface area (Å²) in [6.45, 7) is 0.763. The quantitative estimate of drug-likeness (QED) is 0.387. The summed E-state index contributed by atoms with van der Waals surface area (Å²) in [4.78, 5) is 5.22. The second-order valence-electron chi connectivity index (χ2n) is 5.78.